The van der Waals surface area contributed by atoms with Crippen LogP contribution in [0, 0.1) is 10.1 Å². The maximum atomic E-state index is 11.2. The molecule has 1 aromatic carbocycles. The third-order valence-corrected chi connectivity index (χ3v) is 1.89. The molecule has 0 radical (unpaired) electrons. The number of non-ortho nitro benzene ring substituents is 1. The van der Waals surface area contributed by atoms with Gasteiger partial charge in [-0.25, -0.2) is 0 Å². The predicted molar refractivity (Wildman–Crippen MR) is 65.6 cm³/mol. The van der Waals surface area contributed by atoms with E-state index in [1.54, 1.807) is 6.92 Å². The smallest absolute Gasteiger partial charge is 0.269 e. The third-order valence-electron chi connectivity index (χ3n) is 1.89. The van der Waals surface area contributed by atoms with Crippen molar-refractivity contribution >= 4 is 17.3 Å². The van der Waals surface area contributed by atoms with Crippen molar-refractivity contribution in [2.24, 2.45) is 0 Å². The highest BCUT2D eigenvalue weighted by molar-refractivity contribution is 5.88. The number of ether oxygens (including phenoxy) is 1. The second kappa shape index (κ2) is 6.89. The minimum atomic E-state index is -0.493. The first kappa shape index (κ1) is 13.5. The fourth-order valence-corrected chi connectivity index (χ4v) is 1.05. The first-order chi connectivity index (χ1) is 8.63. The summed E-state index contributed by atoms with van der Waals surface area (Å²) in [4.78, 5) is 21.1. The molecule has 0 aliphatic rings. The summed E-state index contributed by atoms with van der Waals surface area (Å²) in [7, 11) is 0. The van der Waals surface area contributed by atoms with E-state index in [0.717, 1.165) is 0 Å². The van der Waals surface area contributed by atoms with Gasteiger partial charge in [-0.15, -0.1) is 0 Å². The second-order valence-corrected chi connectivity index (χ2v) is 3.18. The minimum Gasteiger partial charge on any atom is -0.501 e. The number of anilines is 1. The number of hydrogen-bond acceptors (Lipinski definition) is 5. The molecule has 7 heteroatoms. The number of nitrogens with zero attached hydrogens (tertiary/aromatic N) is 1. The number of hydrogen-bond donors (Lipinski definition) is 2. The number of carbonyl (C=O) groups is 1. The number of nitro benzene ring substituents is 1. The Morgan fingerprint density at radius 2 is 2.11 bits per heavy atom. The molecular formula is C11H13N3O4. The Kier molecular flexibility index (Phi) is 5.17. The van der Waals surface area contributed by atoms with Crippen molar-refractivity contribution in [2.45, 2.75) is 6.92 Å². The van der Waals surface area contributed by atoms with Gasteiger partial charge in [0, 0.05) is 18.2 Å². The van der Waals surface area contributed by atoms with Crippen LogP contribution in [0.1, 0.15) is 6.92 Å². The highest BCUT2D eigenvalue weighted by atomic mass is 16.6. The largest absolute Gasteiger partial charge is 0.501 e. The quantitative estimate of drug-likeness (QED) is 0.346. The Bertz CT molecular complexity index is 442. The Morgan fingerprint density at radius 1 is 1.44 bits per heavy atom. The zero-order chi connectivity index (χ0) is 13.4. The summed E-state index contributed by atoms with van der Waals surface area (Å²) in [6.45, 7) is 2.29. The normalized spacial score (nSPS) is 10.1. The molecule has 18 heavy (non-hydrogen) atoms. The van der Waals surface area contributed by atoms with Crippen LogP contribution in [0.3, 0.4) is 0 Å². The Hall–Kier alpha value is -2.57. The van der Waals surface area contributed by atoms with Gasteiger partial charge in [-0.2, -0.15) is 0 Å². The van der Waals surface area contributed by atoms with Crippen molar-refractivity contribution in [2.75, 3.05) is 12.0 Å². The lowest BCUT2D eigenvalue weighted by Gasteiger charge is -2.05. The highest BCUT2D eigenvalue weighted by Gasteiger charge is 2.03. The van der Waals surface area contributed by atoms with Crippen molar-refractivity contribution in [3.05, 3.63) is 46.7 Å². The Balaban J connectivity index is 2.44. The summed E-state index contributed by atoms with van der Waals surface area (Å²) in [5.74, 6) is -0.387. The van der Waals surface area contributed by atoms with Crippen LogP contribution in [0.15, 0.2) is 36.6 Å². The lowest BCUT2D eigenvalue weighted by molar-refractivity contribution is -0.384. The van der Waals surface area contributed by atoms with E-state index in [1.165, 1.54) is 36.6 Å². The SMILES string of the molecule is CCO/C=C/C(=O)NNc1ccc([N+](=O)[O-])cc1. The molecule has 1 amide bonds. The molecule has 0 aliphatic heterocycles. The second-order valence-electron chi connectivity index (χ2n) is 3.18. The predicted octanol–water partition coefficient (Wildman–Crippen LogP) is 1.59. The van der Waals surface area contributed by atoms with Gasteiger partial charge >= 0.3 is 0 Å². The van der Waals surface area contributed by atoms with E-state index in [0.29, 0.717) is 12.3 Å². The zero-order valence-corrected chi connectivity index (χ0v) is 9.75. The molecule has 0 fully saturated rings. The van der Waals surface area contributed by atoms with Gasteiger partial charge in [0.15, 0.2) is 0 Å². The van der Waals surface area contributed by atoms with Crippen LogP contribution in [-0.2, 0) is 9.53 Å². The van der Waals surface area contributed by atoms with Crippen LogP contribution in [0.2, 0.25) is 0 Å². The van der Waals surface area contributed by atoms with Gasteiger partial charge in [0.1, 0.15) is 0 Å². The fourth-order valence-electron chi connectivity index (χ4n) is 1.05. The highest BCUT2D eigenvalue weighted by Crippen LogP contribution is 2.14. The van der Waals surface area contributed by atoms with Crippen molar-refractivity contribution in [3.8, 4) is 0 Å². The lowest BCUT2D eigenvalue weighted by atomic mass is 10.3. The summed E-state index contributed by atoms with van der Waals surface area (Å²) in [5.41, 5.74) is 5.52. The van der Waals surface area contributed by atoms with E-state index >= 15 is 0 Å². The van der Waals surface area contributed by atoms with Gasteiger partial charge in [-0.1, -0.05) is 0 Å². The molecule has 0 spiro atoms. The maximum Gasteiger partial charge on any atom is 0.269 e. The molecule has 7 nitrogen and oxygen atoms in total. The molecule has 0 saturated carbocycles. The number of nitrogens with one attached hydrogen (secondary N) is 2. The maximum absolute atomic E-state index is 11.2. The van der Waals surface area contributed by atoms with Crippen molar-refractivity contribution < 1.29 is 14.5 Å². The zero-order valence-electron chi connectivity index (χ0n) is 9.75. The van der Waals surface area contributed by atoms with Gasteiger partial charge in [0.2, 0.25) is 0 Å². The van der Waals surface area contributed by atoms with Gasteiger partial charge in [0.25, 0.3) is 11.6 Å². The molecule has 0 bridgehead atoms. The minimum absolute atomic E-state index is 0.0110. The molecule has 0 aliphatic carbocycles. The number of carbonyl (C=O) groups excluding carboxylic acids is 1. The topological polar surface area (TPSA) is 93.5 Å². The summed E-state index contributed by atoms with van der Waals surface area (Å²) >= 11 is 0. The van der Waals surface area contributed by atoms with Crippen LogP contribution in [0.5, 0.6) is 0 Å². The summed E-state index contributed by atoms with van der Waals surface area (Å²) in [5, 5.41) is 10.4. The third kappa shape index (κ3) is 4.52. The number of nitro groups is 1. The molecule has 96 valence electrons. The molecule has 0 unspecified atom stereocenters. The fraction of sp³-hybridized carbons (Fsp3) is 0.182. The number of hydrazine groups is 1. The van der Waals surface area contributed by atoms with Gasteiger partial charge < -0.3 is 4.74 Å². The van der Waals surface area contributed by atoms with Crippen LogP contribution in [-0.4, -0.2) is 17.4 Å². The van der Waals surface area contributed by atoms with Crippen LogP contribution >= 0.6 is 0 Å². The summed E-state index contributed by atoms with van der Waals surface area (Å²) in [6, 6.07) is 5.66. The van der Waals surface area contributed by atoms with E-state index in [2.05, 4.69) is 10.9 Å². The monoisotopic (exact) mass is 251 g/mol. The molecule has 2 N–H and O–H groups in total. The number of benzene rings is 1. The van der Waals surface area contributed by atoms with Crippen LogP contribution < -0.4 is 10.9 Å². The summed E-state index contributed by atoms with van der Waals surface area (Å²) < 4.78 is 4.85. The Labute approximate surface area is 104 Å². The number of rotatable bonds is 6. The molecule has 0 saturated heterocycles. The van der Waals surface area contributed by atoms with E-state index in [4.69, 9.17) is 4.74 Å². The summed E-state index contributed by atoms with van der Waals surface area (Å²) in [6.07, 6.45) is 2.51. The standard InChI is InChI=1S/C11H13N3O4/c1-2-18-8-7-11(15)13-12-9-3-5-10(6-4-9)14(16)17/h3-8,12H,2H2,1H3,(H,13,15)/b8-7+. The van der Waals surface area contributed by atoms with Gasteiger partial charge in [0.05, 0.1) is 23.5 Å². The molecule has 1 aromatic rings. The first-order valence-electron chi connectivity index (χ1n) is 5.22. The number of amides is 1. The van der Waals surface area contributed by atoms with Crippen molar-refractivity contribution in [1.29, 1.82) is 0 Å². The van der Waals surface area contributed by atoms with Gasteiger partial charge in [-0.05, 0) is 19.1 Å². The lowest BCUT2D eigenvalue weighted by Crippen LogP contribution is -2.27. The van der Waals surface area contributed by atoms with Crippen LogP contribution in [0.4, 0.5) is 11.4 Å². The molecular weight excluding hydrogens is 238 g/mol. The van der Waals surface area contributed by atoms with Crippen LogP contribution in [0.25, 0.3) is 0 Å². The van der Waals surface area contributed by atoms with E-state index < -0.39 is 4.92 Å². The van der Waals surface area contributed by atoms with E-state index in [1.807, 2.05) is 0 Å². The Morgan fingerprint density at radius 3 is 2.67 bits per heavy atom. The molecule has 1 rings (SSSR count). The molecule has 0 heterocycles. The average molecular weight is 251 g/mol. The van der Waals surface area contributed by atoms with Crippen molar-refractivity contribution in [3.63, 3.8) is 0 Å². The van der Waals surface area contributed by atoms with E-state index in [-0.39, 0.29) is 11.6 Å². The first-order valence-corrected chi connectivity index (χ1v) is 5.22. The van der Waals surface area contributed by atoms with E-state index in [9.17, 15) is 14.9 Å². The van der Waals surface area contributed by atoms with Gasteiger partial charge in [-0.3, -0.25) is 25.8 Å². The molecule has 0 atom stereocenters. The van der Waals surface area contributed by atoms with Crippen molar-refractivity contribution in [1.82, 2.24) is 5.43 Å². The molecule has 0 aromatic heterocycles. The average Bonchev–Trinajstić information content (AvgIpc) is 2.37.